The van der Waals surface area contributed by atoms with Crippen LogP contribution < -0.4 is 0 Å². The maximum absolute atomic E-state index is 10.8. The molecule has 20 heavy (non-hydrogen) atoms. The summed E-state index contributed by atoms with van der Waals surface area (Å²) in [6.07, 6.45) is 0.511. The third-order valence-electron chi connectivity index (χ3n) is 1.95. The van der Waals surface area contributed by atoms with Crippen molar-refractivity contribution in [3.8, 4) is 0 Å². The van der Waals surface area contributed by atoms with E-state index in [1.807, 2.05) is 0 Å². The summed E-state index contributed by atoms with van der Waals surface area (Å²) in [7, 11) is 0. The van der Waals surface area contributed by atoms with E-state index >= 15 is 0 Å². The summed E-state index contributed by atoms with van der Waals surface area (Å²) >= 11 is 0. The fraction of sp³-hybridized carbons (Fsp3) is 0.714. The fourth-order valence-corrected chi connectivity index (χ4v) is 0.606. The van der Waals surface area contributed by atoms with Gasteiger partial charge < -0.3 is 9.47 Å². The summed E-state index contributed by atoms with van der Waals surface area (Å²) in [6, 6.07) is 0. The Balaban J connectivity index is 0. The van der Waals surface area contributed by atoms with E-state index in [0.29, 0.717) is 0 Å². The van der Waals surface area contributed by atoms with E-state index in [1.54, 1.807) is 41.5 Å². The van der Waals surface area contributed by atoms with E-state index in [2.05, 4.69) is 9.47 Å². The summed E-state index contributed by atoms with van der Waals surface area (Å²) < 4.78 is 8.77. The second-order valence-corrected chi connectivity index (χ2v) is 4.60. The first-order valence-electron chi connectivity index (χ1n) is 6.64. The molecule has 6 heteroatoms. The number of hydrogen-bond acceptors (Lipinski definition) is 6. The monoisotopic (exact) mass is 288 g/mol. The van der Waals surface area contributed by atoms with Crippen LogP contribution in [0.5, 0.6) is 0 Å². The number of rotatable bonds is 4. The highest BCUT2D eigenvalue weighted by atomic mass is 16.6. The van der Waals surface area contributed by atoms with Crippen molar-refractivity contribution in [1.29, 1.82) is 0 Å². The first-order chi connectivity index (χ1) is 9.15. The van der Waals surface area contributed by atoms with Crippen LogP contribution in [-0.4, -0.2) is 23.9 Å². The minimum Gasteiger partial charge on any atom is -0.393 e. The molecule has 0 N–H and O–H groups in total. The van der Waals surface area contributed by atoms with Gasteiger partial charge >= 0.3 is 23.9 Å². The number of carbonyl (C=O) groups excluding carboxylic acids is 4. The molecular weight excluding hydrogens is 264 g/mol. The Morgan fingerprint density at radius 2 is 1.00 bits per heavy atom. The molecule has 0 fully saturated rings. The van der Waals surface area contributed by atoms with E-state index < -0.39 is 23.9 Å². The lowest BCUT2D eigenvalue weighted by Gasteiger charge is -2.06. The predicted octanol–water partition coefficient (Wildman–Crippen LogP) is 2.24. The van der Waals surface area contributed by atoms with Gasteiger partial charge in [-0.2, -0.15) is 0 Å². The molecule has 0 aliphatic heterocycles. The average Bonchev–Trinajstić information content (AvgIpc) is 2.38. The van der Waals surface area contributed by atoms with Crippen molar-refractivity contribution < 1.29 is 28.7 Å². The van der Waals surface area contributed by atoms with Gasteiger partial charge in [-0.05, 0) is 0 Å². The Kier molecular flexibility index (Phi) is 11.5. The number of carbonyl (C=O) groups is 4. The van der Waals surface area contributed by atoms with Gasteiger partial charge in [0.05, 0.1) is 11.8 Å². The Bertz CT molecular complexity index is 312. The molecule has 0 heterocycles. The van der Waals surface area contributed by atoms with Crippen molar-refractivity contribution in [3.63, 3.8) is 0 Å². The van der Waals surface area contributed by atoms with Gasteiger partial charge in [0, 0.05) is 12.8 Å². The van der Waals surface area contributed by atoms with Gasteiger partial charge in [0.15, 0.2) is 0 Å². The smallest absolute Gasteiger partial charge is 0.316 e. The van der Waals surface area contributed by atoms with Gasteiger partial charge in [0.25, 0.3) is 0 Å². The molecular formula is C14H24O6. The van der Waals surface area contributed by atoms with E-state index in [0.717, 1.165) is 0 Å². The van der Waals surface area contributed by atoms with Crippen LogP contribution in [0.1, 0.15) is 54.4 Å². The highest BCUT2D eigenvalue weighted by Crippen LogP contribution is 2.01. The normalized spacial score (nSPS) is 9.60. The first-order valence-corrected chi connectivity index (χ1v) is 6.64. The molecule has 0 aromatic rings. The van der Waals surface area contributed by atoms with Crippen molar-refractivity contribution in [3.05, 3.63) is 0 Å². The third-order valence-corrected chi connectivity index (χ3v) is 1.95. The Morgan fingerprint density at radius 3 is 1.20 bits per heavy atom. The lowest BCUT2D eigenvalue weighted by atomic mass is 10.2. The zero-order valence-corrected chi connectivity index (χ0v) is 13.0. The quantitative estimate of drug-likeness (QED) is 0.582. The van der Waals surface area contributed by atoms with Crippen LogP contribution in [0.15, 0.2) is 0 Å². The van der Waals surface area contributed by atoms with Crippen LogP contribution in [0.25, 0.3) is 0 Å². The van der Waals surface area contributed by atoms with Crippen LogP contribution in [-0.2, 0) is 28.7 Å². The minimum absolute atomic E-state index is 0.238. The van der Waals surface area contributed by atoms with Gasteiger partial charge in [0.1, 0.15) is 0 Å². The summed E-state index contributed by atoms with van der Waals surface area (Å²) in [4.78, 5) is 42.3. The highest BCUT2D eigenvalue weighted by molar-refractivity contribution is 5.87. The van der Waals surface area contributed by atoms with Crippen molar-refractivity contribution >= 4 is 23.9 Å². The van der Waals surface area contributed by atoms with Crippen molar-refractivity contribution in [2.45, 2.75) is 54.4 Å². The van der Waals surface area contributed by atoms with Gasteiger partial charge in [0.2, 0.25) is 0 Å². The molecule has 0 amide bonds. The maximum Gasteiger partial charge on any atom is 0.316 e. The molecule has 0 rings (SSSR count). The maximum atomic E-state index is 10.8. The molecule has 0 bridgehead atoms. The SMILES string of the molecule is CC(C)C(=O)OC(=O)C(C)C.CCC(=O)OC(=O)CC. The van der Waals surface area contributed by atoms with Crippen LogP contribution >= 0.6 is 0 Å². The molecule has 0 atom stereocenters. The minimum atomic E-state index is -0.457. The fourth-order valence-electron chi connectivity index (χ4n) is 0.606. The van der Waals surface area contributed by atoms with Gasteiger partial charge in [-0.15, -0.1) is 0 Å². The molecule has 116 valence electrons. The largest absolute Gasteiger partial charge is 0.393 e. The molecule has 0 aromatic carbocycles. The summed E-state index contributed by atoms with van der Waals surface area (Å²) in [5, 5.41) is 0. The van der Waals surface area contributed by atoms with E-state index in [-0.39, 0.29) is 24.7 Å². The lowest BCUT2D eigenvalue weighted by molar-refractivity contribution is -0.164. The molecule has 0 radical (unpaired) electrons. The Morgan fingerprint density at radius 1 is 0.700 bits per heavy atom. The van der Waals surface area contributed by atoms with Crippen molar-refractivity contribution in [2.75, 3.05) is 0 Å². The number of ether oxygens (including phenoxy) is 2. The van der Waals surface area contributed by atoms with Gasteiger partial charge in [-0.3, -0.25) is 19.2 Å². The lowest BCUT2D eigenvalue weighted by Crippen LogP contribution is -2.20. The zero-order chi connectivity index (χ0) is 16.3. The van der Waals surface area contributed by atoms with Crippen LogP contribution in [0, 0.1) is 11.8 Å². The Hall–Kier alpha value is -1.72. The molecule has 0 saturated carbocycles. The van der Waals surface area contributed by atoms with Crippen LogP contribution in [0.3, 0.4) is 0 Å². The molecule has 0 aliphatic carbocycles. The molecule has 0 saturated heterocycles. The first kappa shape index (κ1) is 20.6. The van der Waals surface area contributed by atoms with Crippen molar-refractivity contribution in [1.82, 2.24) is 0 Å². The summed E-state index contributed by atoms with van der Waals surface area (Å²) in [5.74, 6) is -2.30. The zero-order valence-electron chi connectivity index (χ0n) is 13.0. The average molecular weight is 288 g/mol. The standard InChI is InChI=1S/C8H14O3.C6H10O3/c1-5(2)7(9)11-8(10)6(3)4;1-3-5(7)9-6(8)4-2/h5-6H,1-4H3;3-4H2,1-2H3. The molecule has 6 nitrogen and oxygen atoms in total. The van der Waals surface area contributed by atoms with E-state index in [1.165, 1.54) is 0 Å². The second-order valence-electron chi connectivity index (χ2n) is 4.60. The number of hydrogen-bond donors (Lipinski definition) is 0. The molecule has 0 aromatic heterocycles. The highest BCUT2D eigenvalue weighted by Gasteiger charge is 2.16. The number of esters is 4. The molecule has 0 aliphatic rings. The third kappa shape index (κ3) is 11.4. The van der Waals surface area contributed by atoms with E-state index in [4.69, 9.17) is 0 Å². The molecule has 0 unspecified atom stereocenters. The molecule has 0 spiro atoms. The second kappa shape index (κ2) is 11.1. The van der Waals surface area contributed by atoms with Gasteiger partial charge in [-0.1, -0.05) is 41.5 Å². The van der Waals surface area contributed by atoms with E-state index in [9.17, 15) is 19.2 Å². The van der Waals surface area contributed by atoms with Gasteiger partial charge in [-0.25, -0.2) is 0 Å². The van der Waals surface area contributed by atoms with Crippen LogP contribution in [0.2, 0.25) is 0 Å². The van der Waals surface area contributed by atoms with Crippen molar-refractivity contribution in [2.24, 2.45) is 11.8 Å². The summed E-state index contributed by atoms with van der Waals surface area (Å²) in [5.41, 5.74) is 0. The predicted molar refractivity (Wildman–Crippen MR) is 72.5 cm³/mol. The van der Waals surface area contributed by atoms with Crippen LogP contribution in [0.4, 0.5) is 0 Å². The Labute approximate surface area is 119 Å². The topological polar surface area (TPSA) is 86.7 Å². The summed E-state index contributed by atoms with van der Waals surface area (Å²) in [6.45, 7) is 10.0.